The van der Waals surface area contributed by atoms with Crippen LogP contribution in [-0.4, -0.2) is 17.1 Å². The number of quaternary nitrogens is 1. The van der Waals surface area contributed by atoms with Gasteiger partial charge in [0.25, 0.3) is 0 Å². The average Bonchev–Trinajstić information content (AvgIpc) is 2.99. The number of rotatable bonds is 4. The molecule has 3 aromatic carbocycles. The van der Waals surface area contributed by atoms with Crippen LogP contribution in [0, 0.1) is 0 Å². The molecule has 0 radical (unpaired) electrons. The van der Waals surface area contributed by atoms with Crippen LogP contribution in [0.4, 0.5) is 0 Å². The van der Waals surface area contributed by atoms with Crippen molar-refractivity contribution < 1.29 is 10.0 Å². The summed E-state index contributed by atoms with van der Waals surface area (Å²) in [6.45, 7) is 1.62. The number of benzene rings is 3. The summed E-state index contributed by atoms with van der Waals surface area (Å²) in [5.74, 6) is 0.373. The van der Waals surface area contributed by atoms with Crippen LogP contribution in [0.2, 0.25) is 0 Å². The number of fused-ring (bicyclic) bond motifs is 2. The number of thiazole rings is 1. The number of nitrogens with one attached hydrogen (secondary N) is 1. The summed E-state index contributed by atoms with van der Waals surface area (Å²) < 4.78 is 1.23. The Morgan fingerprint density at radius 2 is 1.75 bits per heavy atom. The van der Waals surface area contributed by atoms with E-state index in [0.29, 0.717) is 5.75 Å². The summed E-state index contributed by atoms with van der Waals surface area (Å²) in [6.07, 6.45) is 0. The van der Waals surface area contributed by atoms with Gasteiger partial charge in [-0.3, -0.25) is 0 Å². The molecule has 24 heavy (non-hydrogen) atoms. The van der Waals surface area contributed by atoms with Crippen LogP contribution in [0.25, 0.3) is 21.0 Å². The quantitative estimate of drug-likeness (QED) is 0.600. The van der Waals surface area contributed by atoms with Gasteiger partial charge in [-0.05, 0) is 29.0 Å². The standard InChI is InChI=1S/C20H18N2OS/c1-22(13-20-21-17-8-4-5-9-19(17)24-20)12-16-15-7-3-2-6-14(15)10-11-18(16)23/h2-11,23H,12-13H2,1H3/p+1. The SMILES string of the molecule is C[NH+](Cc1nc2ccccc2s1)Cc1c(O)ccc2ccccc12. The van der Waals surface area contributed by atoms with Gasteiger partial charge in [0.05, 0.1) is 22.8 Å². The van der Waals surface area contributed by atoms with Gasteiger partial charge in [0.2, 0.25) is 0 Å². The van der Waals surface area contributed by atoms with Crippen LogP contribution in [0.3, 0.4) is 0 Å². The van der Waals surface area contributed by atoms with E-state index in [1.54, 1.807) is 17.4 Å². The molecule has 2 N–H and O–H groups in total. The lowest BCUT2D eigenvalue weighted by Crippen LogP contribution is -3.06. The summed E-state index contributed by atoms with van der Waals surface area (Å²) in [7, 11) is 2.15. The van der Waals surface area contributed by atoms with Gasteiger partial charge < -0.3 is 10.0 Å². The molecule has 120 valence electrons. The second-order valence-electron chi connectivity index (χ2n) is 6.17. The highest BCUT2D eigenvalue weighted by atomic mass is 32.1. The number of phenols is 1. The highest BCUT2D eigenvalue weighted by Crippen LogP contribution is 2.26. The van der Waals surface area contributed by atoms with Gasteiger partial charge in [-0.2, -0.15) is 0 Å². The zero-order valence-electron chi connectivity index (χ0n) is 13.5. The van der Waals surface area contributed by atoms with Crippen molar-refractivity contribution in [1.29, 1.82) is 0 Å². The normalized spacial score (nSPS) is 12.7. The van der Waals surface area contributed by atoms with Gasteiger partial charge in [0.1, 0.15) is 23.8 Å². The molecular formula is C20H19N2OS+. The number of hydrogen-bond acceptors (Lipinski definition) is 3. The first-order chi connectivity index (χ1) is 11.7. The molecule has 0 aliphatic heterocycles. The van der Waals surface area contributed by atoms with Crippen molar-refractivity contribution in [3.8, 4) is 5.75 Å². The van der Waals surface area contributed by atoms with Crippen molar-refractivity contribution in [2.45, 2.75) is 13.1 Å². The van der Waals surface area contributed by atoms with Gasteiger partial charge in [0, 0.05) is 0 Å². The summed E-state index contributed by atoms with van der Waals surface area (Å²) in [6, 6.07) is 20.2. The van der Waals surface area contributed by atoms with E-state index < -0.39 is 0 Å². The molecule has 1 heterocycles. The number of aromatic nitrogens is 1. The van der Waals surface area contributed by atoms with Gasteiger partial charge in [-0.15, -0.1) is 11.3 Å². The third-order valence-corrected chi connectivity index (χ3v) is 5.32. The zero-order valence-corrected chi connectivity index (χ0v) is 14.3. The molecule has 1 atom stereocenters. The lowest BCUT2D eigenvalue weighted by molar-refractivity contribution is -0.907. The molecule has 0 fully saturated rings. The fourth-order valence-corrected chi connectivity index (χ4v) is 4.21. The minimum Gasteiger partial charge on any atom is -0.507 e. The predicted molar refractivity (Wildman–Crippen MR) is 99.5 cm³/mol. The predicted octanol–water partition coefficient (Wildman–Crippen LogP) is 3.37. The van der Waals surface area contributed by atoms with Crippen LogP contribution in [-0.2, 0) is 13.1 Å². The first-order valence-corrected chi connectivity index (χ1v) is 8.88. The van der Waals surface area contributed by atoms with E-state index in [1.807, 2.05) is 24.3 Å². The second-order valence-corrected chi connectivity index (χ2v) is 7.29. The van der Waals surface area contributed by atoms with E-state index in [0.717, 1.165) is 39.9 Å². The first kappa shape index (κ1) is 15.1. The molecule has 1 unspecified atom stereocenters. The van der Waals surface area contributed by atoms with Gasteiger partial charge in [-0.1, -0.05) is 42.5 Å². The van der Waals surface area contributed by atoms with Crippen molar-refractivity contribution in [2.75, 3.05) is 7.05 Å². The number of nitrogens with zero attached hydrogens (tertiary/aromatic N) is 1. The molecule has 0 saturated carbocycles. The van der Waals surface area contributed by atoms with Crippen molar-refractivity contribution in [3.05, 3.63) is 71.2 Å². The van der Waals surface area contributed by atoms with E-state index in [2.05, 4.69) is 37.4 Å². The number of para-hydroxylation sites is 1. The zero-order chi connectivity index (χ0) is 16.5. The Morgan fingerprint density at radius 1 is 0.958 bits per heavy atom. The van der Waals surface area contributed by atoms with Crippen LogP contribution in [0.5, 0.6) is 5.75 Å². The largest absolute Gasteiger partial charge is 0.507 e. The molecule has 0 saturated heterocycles. The molecule has 1 aromatic heterocycles. The summed E-state index contributed by atoms with van der Waals surface area (Å²) in [5, 5.41) is 13.7. The fraction of sp³-hybridized carbons (Fsp3) is 0.150. The van der Waals surface area contributed by atoms with Crippen LogP contribution in [0.1, 0.15) is 10.6 Å². The minimum atomic E-state index is 0.373. The van der Waals surface area contributed by atoms with Gasteiger partial charge in [0.15, 0.2) is 0 Å². The van der Waals surface area contributed by atoms with Crippen LogP contribution < -0.4 is 4.90 Å². The van der Waals surface area contributed by atoms with E-state index in [9.17, 15) is 5.11 Å². The monoisotopic (exact) mass is 335 g/mol. The number of phenolic OH excluding ortho intramolecular Hbond substituents is 1. The molecule has 0 bridgehead atoms. The smallest absolute Gasteiger partial charge is 0.148 e. The van der Waals surface area contributed by atoms with Crippen molar-refractivity contribution >= 4 is 32.3 Å². The molecule has 4 aromatic rings. The Kier molecular flexibility index (Phi) is 3.92. The summed E-state index contributed by atoms with van der Waals surface area (Å²) in [5.41, 5.74) is 2.07. The highest BCUT2D eigenvalue weighted by molar-refractivity contribution is 7.18. The molecule has 3 nitrogen and oxygen atoms in total. The summed E-state index contributed by atoms with van der Waals surface area (Å²) >= 11 is 1.75. The molecular weight excluding hydrogens is 316 g/mol. The number of aromatic hydroxyl groups is 1. The van der Waals surface area contributed by atoms with E-state index in [1.165, 1.54) is 9.60 Å². The van der Waals surface area contributed by atoms with Crippen molar-refractivity contribution in [2.24, 2.45) is 0 Å². The van der Waals surface area contributed by atoms with E-state index in [4.69, 9.17) is 4.98 Å². The third kappa shape index (κ3) is 2.86. The Balaban J connectivity index is 1.60. The summed E-state index contributed by atoms with van der Waals surface area (Å²) in [4.78, 5) is 6.02. The third-order valence-electron chi connectivity index (χ3n) is 4.29. The Morgan fingerprint density at radius 3 is 2.62 bits per heavy atom. The molecule has 4 heteroatoms. The molecule has 0 spiro atoms. The Labute approximate surface area is 144 Å². The topological polar surface area (TPSA) is 37.6 Å². The Bertz CT molecular complexity index is 976. The highest BCUT2D eigenvalue weighted by Gasteiger charge is 2.14. The van der Waals surface area contributed by atoms with Crippen molar-refractivity contribution in [1.82, 2.24) is 4.98 Å². The van der Waals surface area contributed by atoms with E-state index in [-0.39, 0.29) is 0 Å². The Hall–Kier alpha value is -2.43. The molecule has 0 aliphatic carbocycles. The van der Waals surface area contributed by atoms with Crippen LogP contribution >= 0.6 is 11.3 Å². The van der Waals surface area contributed by atoms with E-state index >= 15 is 0 Å². The fourth-order valence-electron chi connectivity index (χ4n) is 3.13. The van der Waals surface area contributed by atoms with Crippen LogP contribution in [0.15, 0.2) is 60.7 Å². The number of hydrogen-bond donors (Lipinski definition) is 2. The molecule has 0 amide bonds. The second kappa shape index (κ2) is 6.23. The van der Waals surface area contributed by atoms with Gasteiger partial charge in [-0.25, -0.2) is 4.98 Å². The maximum absolute atomic E-state index is 10.3. The molecule has 0 aliphatic rings. The lowest BCUT2D eigenvalue weighted by Gasteiger charge is -2.15. The maximum atomic E-state index is 10.3. The lowest BCUT2D eigenvalue weighted by atomic mass is 10.0. The van der Waals surface area contributed by atoms with Crippen molar-refractivity contribution in [3.63, 3.8) is 0 Å². The molecule has 4 rings (SSSR count). The first-order valence-electron chi connectivity index (χ1n) is 8.06. The maximum Gasteiger partial charge on any atom is 0.148 e. The average molecular weight is 335 g/mol. The minimum absolute atomic E-state index is 0.373. The van der Waals surface area contributed by atoms with Gasteiger partial charge >= 0.3 is 0 Å².